The minimum atomic E-state index is -1.30. The van der Waals surface area contributed by atoms with Crippen LogP contribution in [0, 0.1) is 0 Å². The van der Waals surface area contributed by atoms with Gasteiger partial charge < -0.3 is 28.1 Å². The summed E-state index contributed by atoms with van der Waals surface area (Å²) in [6, 6.07) is 7.69. The van der Waals surface area contributed by atoms with E-state index in [0.717, 1.165) is 22.4 Å². The van der Waals surface area contributed by atoms with E-state index >= 15 is 0 Å². The molecule has 0 N–H and O–H groups in total. The molecule has 2 aromatic heterocycles. The molecule has 0 aliphatic carbocycles. The fourth-order valence-electron chi connectivity index (χ4n) is 5.01. The zero-order valence-corrected chi connectivity index (χ0v) is 26.9. The number of thioether (sulfide) groups is 1. The normalized spacial score (nSPS) is 21.3. The van der Waals surface area contributed by atoms with Gasteiger partial charge in [-0.3, -0.25) is 19.2 Å². The van der Waals surface area contributed by atoms with Crippen LogP contribution in [0.15, 0.2) is 40.1 Å². The van der Waals surface area contributed by atoms with Crippen molar-refractivity contribution < 1.29 is 47.3 Å². The molecule has 0 unspecified atom stereocenters. The number of carbonyl (C=O) groups is 4. The lowest BCUT2D eigenvalue weighted by atomic mass is 9.97. The molecule has 0 amide bonds. The van der Waals surface area contributed by atoms with Crippen LogP contribution in [0.4, 0.5) is 0 Å². The van der Waals surface area contributed by atoms with Gasteiger partial charge >= 0.3 is 23.9 Å². The second-order valence-electron chi connectivity index (χ2n) is 10.7. The zero-order chi connectivity index (χ0) is 32.8. The number of rotatable bonds is 11. The van der Waals surface area contributed by atoms with Crippen molar-refractivity contribution in [1.82, 2.24) is 20.0 Å². The second kappa shape index (κ2) is 14.7. The molecule has 45 heavy (non-hydrogen) atoms. The van der Waals surface area contributed by atoms with E-state index in [9.17, 15) is 19.2 Å². The van der Waals surface area contributed by atoms with Crippen LogP contribution in [0.2, 0.25) is 0 Å². The second-order valence-corrected chi connectivity index (χ2v) is 11.5. The molecule has 3 aromatic rings. The number of carbonyl (C=O) groups excluding carboxylic acids is 4. The molecule has 1 aromatic carbocycles. The van der Waals surface area contributed by atoms with Gasteiger partial charge in [-0.15, -0.1) is 10.2 Å². The summed E-state index contributed by atoms with van der Waals surface area (Å²) in [5.41, 5.74) is 3.39. The highest BCUT2D eigenvalue weighted by molar-refractivity contribution is 7.98. The molecule has 1 aliphatic rings. The highest BCUT2D eigenvalue weighted by Gasteiger charge is 2.53. The third-order valence-electron chi connectivity index (χ3n) is 6.79. The van der Waals surface area contributed by atoms with Gasteiger partial charge in [0.1, 0.15) is 12.7 Å². The molecular weight excluding hydrogens is 608 g/mol. The van der Waals surface area contributed by atoms with Crippen molar-refractivity contribution >= 4 is 35.6 Å². The quantitative estimate of drug-likeness (QED) is 0.168. The van der Waals surface area contributed by atoms with E-state index < -0.39 is 54.5 Å². The minimum Gasteiger partial charge on any atom is -0.463 e. The van der Waals surface area contributed by atoms with Crippen LogP contribution in [-0.2, 0) is 49.3 Å². The Kier molecular flexibility index (Phi) is 11.0. The van der Waals surface area contributed by atoms with Crippen LogP contribution in [0.3, 0.4) is 0 Å². The van der Waals surface area contributed by atoms with Gasteiger partial charge in [-0.2, -0.15) is 5.10 Å². The highest BCUT2D eigenvalue weighted by Crippen LogP contribution is 2.36. The van der Waals surface area contributed by atoms with E-state index in [4.69, 9.17) is 33.2 Å². The maximum atomic E-state index is 12.3. The van der Waals surface area contributed by atoms with Gasteiger partial charge in [-0.25, -0.2) is 4.68 Å². The Morgan fingerprint density at radius 1 is 0.889 bits per heavy atom. The molecule has 5 atom stereocenters. The van der Waals surface area contributed by atoms with Crippen molar-refractivity contribution in [2.45, 2.75) is 89.7 Å². The van der Waals surface area contributed by atoms with Gasteiger partial charge in [0.25, 0.3) is 5.22 Å². The Labute approximate surface area is 264 Å². The number of hydrogen-bond donors (Lipinski definition) is 0. The van der Waals surface area contributed by atoms with Crippen molar-refractivity contribution in [2.75, 3.05) is 12.9 Å². The smallest absolute Gasteiger partial charge is 0.303 e. The fraction of sp³-hybridized carbons (Fsp3) is 0.500. The van der Waals surface area contributed by atoms with Gasteiger partial charge in [0.05, 0.1) is 5.69 Å². The first-order valence-electron chi connectivity index (χ1n) is 14.2. The first-order valence-corrected chi connectivity index (χ1v) is 15.4. The topological polar surface area (TPSA) is 171 Å². The van der Waals surface area contributed by atoms with Gasteiger partial charge in [0.2, 0.25) is 5.89 Å². The predicted molar refractivity (Wildman–Crippen MR) is 158 cm³/mol. The number of hydrogen-bond acceptors (Lipinski definition) is 14. The van der Waals surface area contributed by atoms with Crippen LogP contribution in [0.1, 0.15) is 70.5 Å². The van der Waals surface area contributed by atoms with Crippen LogP contribution in [0.25, 0.3) is 11.5 Å². The van der Waals surface area contributed by atoms with Gasteiger partial charge in [-0.05, 0) is 35.4 Å². The van der Waals surface area contributed by atoms with Gasteiger partial charge in [0, 0.05) is 45.9 Å². The van der Waals surface area contributed by atoms with Gasteiger partial charge in [-0.1, -0.05) is 37.7 Å². The summed E-state index contributed by atoms with van der Waals surface area (Å²) < 4.78 is 35.3. The van der Waals surface area contributed by atoms with E-state index in [-0.39, 0.29) is 12.5 Å². The Hall–Kier alpha value is -4.24. The average molecular weight is 645 g/mol. The monoisotopic (exact) mass is 644 g/mol. The van der Waals surface area contributed by atoms with Crippen LogP contribution >= 0.6 is 11.8 Å². The standard InChI is InChI=1S/C30H36N4O10S/c1-15(2)24-22(12-20-8-10-21(11-9-20)28-31-32-30(44-28)45-7)13-34(33-24)29-27(42-19(6)38)26(41-18(5)37)25(40-17(4)36)23(43-29)14-39-16(3)35/h8-11,13,15,23,25-27,29H,12,14H2,1-7H3/t23-,25-,26+,27-,29-/m1/s1. The lowest BCUT2D eigenvalue weighted by Gasteiger charge is -2.44. The minimum absolute atomic E-state index is 0.00504. The lowest BCUT2D eigenvalue weighted by molar-refractivity contribution is -0.270. The number of nitrogens with zero attached hydrogens (tertiary/aromatic N) is 4. The SMILES string of the molecule is CSc1nnc(-c2ccc(Cc3cn([C@@H]4O[C@H](COC(C)=O)[C@@H](OC(C)=O)[C@H](OC(C)=O)[C@H]4OC(C)=O)nc3C(C)C)cc2)o1. The van der Waals surface area contributed by atoms with Crippen molar-refractivity contribution in [1.29, 1.82) is 0 Å². The summed E-state index contributed by atoms with van der Waals surface area (Å²) in [6.07, 6.45) is -1.92. The summed E-state index contributed by atoms with van der Waals surface area (Å²) >= 11 is 1.36. The van der Waals surface area contributed by atoms with Crippen molar-refractivity contribution in [3.05, 3.63) is 47.3 Å². The van der Waals surface area contributed by atoms with E-state index in [0.29, 0.717) is 17.5 Å². The Morgan fingerprint density at radius 2 is 1.51 bits per heavy atom. The summed E-state index contributed by atoms with van der Waals surface area (Å²) in [4.78, 5) is 48.2. The van der Waals surface area contributed by atoms with Gasteiger partial charge in [0.15, 0.2) is 24.5 Å². The lowest BCUT2D eigenvalue weighted by Crippen LogP contribution is -2.60. The first-order chi connectivity index (χ1) is 21.4. The van der Waals surface area contributed by atoms with E-state index in [1.807, 2.05) is 44.4 Å². The maximum Gasteiger partial charge on any atom is 0.303 e. The molecule has 0 spiro atoms. The Bertz CT molecular complexity index is 1520. The maximum absolute atomic E-state index is 12.3. The van der Waals surface area contributed by atoms with E-state index in [1.54, 1.807) is 6.20 Å². The average Bonchev–Trinajstić information content (AvgIpc) is 3.61. The van der Waals surface area contributed by atoms with Crippen molar-refractivity contribution in [3.8, 4) is 11.5 Å². The molecule has 1 fully saturated rings. The molecule has 1 saturated heterocycles. The third kappa shape index (κ3) is 8.48. The van der Waals surface area contributed by atoms with Crippen molar-refractivity contribution in [3.63, 3.8) is 0 Å². The summed E-state index contributed by atoms with van der Waals surface area (Å²) in [6.45, 7) is 8.42. The molecular formula is C30H36N4O10S. The molecule has 14 nitrogen and oxygen atoms in total. The molecule has 3 heterocycles. The highest BCUT2D eigenvalue weighted by atomic mass is 32.2. The Morgan fingerprint density at radius 3 is 2.07 bits per heavy atom. The zero-order valence-electron chi connectivity index (χ0n) is 26.0. The molecule has 0 saturated carbocycles. The van der Waals surface area contributed by atoms with Crippen LogP contribution < -0.4 is 0 Å². The number of aromatic nitrogens is 4. The molecule has 4 rings (SSSR count). The van der Waals surface area contributed by atoms with Crippen LogP contribution in [-0.4, -0.2) is 81.1 Å². The third-order valence-corrected chi connectivity index (χ3v) is 7.30. The first kappa shape index (κ1) is 33.6. The van der Waals surface area contributed by atoms with E-state index in [2.05, 4.69) is 10.2 Å². The number of ether oxygens (including phenoxy) is 5. The summed E-state index contributed by atoms with van der Waals surface area (Å²) in [5, 5.41) is 13.3. The molecule has 1 aliphatic heterocycles. The molecule has 0 bridgehead atoms. The number of esters is 4. The molecule has 0 radical (unpaired) electrons. The number of benzene rings is 1. The fourth-order valence-corrected chi connectivity index (χ4v) is 5.29. The predicted octanol–water partition coefficient (Wildman–Crippen LogP) is 3.62. The van der Waals surface area contributed by atoms with Crippen LogP contribution in [0.5, 0.6) is 0 Å². The summed E-state index contributed by atoms with van der Waals surface area (Å²) in [7, 11) is 0. The van der Waals surface area contributed by atoms with Crippen molar-refractivity contribution in [2.24, 2.45) is 0 Å². The summed E-state index contributed by atoms with van der Waals surface area (Å²) in [5.74, 6) is -2.28. The van der Waals surface area contributed by atoms with E-state index in [1.165, 1.54) is 44.1 Å². The molecule has 15 heteroatoms. The Balaban J connectivity index is 1.71. The largest absolute Gasteiger partial charge is 0.463 e. The molecule has 242 valence electrons.